The highest BCUT2D eigenvalue weighted by molar-refractivity contribution is 6.37. The topological polar surface area (TPSA) is 70.8 Å². The van der Waals surface area contributed by atoms with Crippen molar-refractivity contribution < 1.29 is 19.0 Å². The first kappa shape index (κ1) is 30.2. The predicted octanol–water partition coefficient (Wildman–Crippen LogP) is 8.16. The molecule has 0 amide bonds. The van der Waals surface area contributed by atoms with Gasteiger partial charge in [-0.25, -0.2) is 0 Å². The molecule has 1 atom stereocenters. The molecule has 4 rings (SSSR count). The minimum Gasteiger partial charge on any atom is -0.490 e. The summed E-state index contributed by atoms with van der Waals surface area (Å²) in [5.41, 5.74) is 13.9. The summed E-state index contributed by atoms with van der Waals surface area (Å²) in [6.45, 7) is 5.66. The highest BCUT2D eigenvalue weighted by atomic mass is 35.5. The molecule has 0 radical (unpaired) electrons. The van der Waals surface area contributed by atoms with E-state index >= 15 is 0 Å². The van der Waals surface area contributed by atoms with E-state index in [0.717, 1.165) is 34.4 Å². The number of carbonyl (C=O) groups is 1. The van der Waals surface area contributed by atoms with E-state index < -0.39 is 0 Å². The van der Waals surface area contributed by atoms with Crippen molar-refractivity contribution in [3.8, 4) is 22.6 Å². The van der Waals surface area contributed by atoms with Gasteiger partial charge in [-0.2, -0.15) is 0 Å². The average Bonchev–Trinajstić information content (AvgIpc) is 2.96. The van der Waals surface area contributed by atoms with Crippen molar-refractivity contribution >= 4 is 35.8 Å². The van der Waals surface area contributed by atoms with Gasteiger partial charge in [0.05, 0.1) is 16.3 Å². The fourth-order valence-electron chi connectivity index (χ4n) is 4.81. The summed E-state index contributed by atoms with van der Waals surface area (Å²) in [7, 11) is 0. The van der Waals surface area contributed by atoms with Crippen molar-refractivity contribution in [3.05, 3.63) is 123 Å². The molecule has 4 aromatic carbocycles. The Labute approximate surface area is 251 Å². The number of aryl methyl sites for hydroxylation is 2. The van der Waals surface area contributed by atoms with Crippen molar-refractivity contribution in [1.82, 2.24) is 0 Å². The molecule has 4 aromatic rings. The maximum Gasteiger partial charge on any atom is 0.297 e. The molecule has 0 saturated heterocycles. The maximum atomic E-state index is 10.5. The number of benzene rings is 4. The molecule has 0 fully saturated rings. The highest BCUT2D eigenvalue weighted by Crippen LogP contribution is 2.34. The van der Waals surface area contributed by atoms with Gasteiger partial charge < -0.3 is 19.9 Å². The molecule has 1 unspecified atom stereocenters. The Bertz CT molecular complexity index is 1480. The molecule has 0 aliphatic carbocycles. The van der Waals surface area contributed by atoms with Gasteiger partial charge in [0.15, 0.2) is 5.75 Å². The molecule has 212 valence electrons. The Kier molecular flexibility index (Phi) is 10.9. The van der Waals surface area contributed by atoms with Crippen LogP contribution in [0.2, 0.25) is 10.0 Å². The van der Waals surface area contributed by atoms with Crippen LogP contribution in [-0.4, -0.2) is 26.2 Å². The van der Waals surface area contributed by atoms with Crippen LogP contribution >= 0.6 is 23.2 Å². The second kappa shape index (κ2) is 14.7. The standard InChI is InChI=1S/C34H33Cl2NO4/c1-23-17-32(35)34(33(36)18-23)41-16-15-40-29-10-7-25(8-11-29)20-28(21-37)30-12-9-27(19-24(30)2)31-6-4-3-5-26(31)13-14-39-22-38/h3-14,17-19,22,28H,15-16,20-21,37H2,1-2H3. The summed E-state index contributed by atoms with van der Waals surface area (Å²) in [5.74, 6) is 1.40. The maximum absolute atomic E-state index is 10.5. The number of rotatable bonds is 13. The number of hydrogen-bond acceptors (Lipinski definition) is 5. The molecule has 0 aliphatic rings. The Morgan fingerprint density at radius 1 is 0.878 bits per heavy atom. The largest absolute Gasteiger partial charge is 0.490 e. The normalized spacial score (nSPS) is 11.8. The molecule has 0 spiro atoms. The lowest BCUT2D eigenvalue weighted by Crippen LogP contribution is -2.16. The first-order valence-electron chi connectivity index (χ1n) is 13.4. The third-order valence-electron chi connectivity index (χ3n) is 6.79. The Morgan fingerprint density at radius 3 is 2.27 bits per heavy atom. The van der Waals surface area contributed by atoms with Crippen LogP contribution in [-0.2, 0) is 16.0 Å². The van der Waals surface area contributed by atoms with Crippen molar-refractivity contribution in [1.29, 1.82) is 0 Å². The number of ether oxygens (including phenoxy) is 3. The fourth-order valence-corrected chi connectivity index (χ4v) is 5.51. The first-order valence-corrected chi connectivity index (χ1v) is 14.1. The van der Waals surface area contributed by atoms with E-state index in [9.17, 15) is 4.79 Å². The van der Waals surface area contributed by atoms with Crippen LogP contribution in [0.3, 0.4) is 0 Å². The van der Waals surface area contributed by atoms with Crippen LogP contribution in [0.4, 0.5) is 0 Å². The number of nitrogens with two attached hydrogens (primary N) is 1. The lowest BCUT2D eigenvalue weighted by molar-refractivity contribution is -0.123. The van der Waals surface area contributed by atoms with Crippen molar-refractivity contribution in [2.75, 3.05) is 19.8 Å². The Balaban J connectivity index is 1.37. The molecule has 41 heavy (non-hydrogen) atoms. The van der Waals surface area contributed by atoms with Gasteiger partial charge in [-0.3, -0.25) is 4.79 Å². The Morgan fingerprint density at radius 2 is 1.59 bits per heavy atom. The van der Waals surface area contributed by atoms with E-state index in [1.165, 1.54) is 23.0 Å². The van der Waals surface area contributed by atoms with Gasteiger partial charge in [-0.05, 0) is 96.1 Å². The van der Waals surface area contributed by atoms with Gasteiger partial charge in [0.2, 0.25) is 0 Å². The monoisotopic (exact) mass is 589 g/mol. The molecular weight excluding hydrogens is 557 g/mol. The Hall–Kier alpha value is -3.77. The van der Waals surface area contributed by atoms with E-state index in [1.807, 2.05) is 49.4 Å². The van der Waals surface area contributed by atoms with Gasteiger partial charge in [0.25, 0.3) is 6.47 Å². The summed E-state index contributed by atoms with van der Waals surface area (Å²) in [6, 6.07) is 26.2. The van der Waals surface area contributed by atoms with Crippen LogP contribution < -0.4 is 15.2 Å². The first-order chi connectivity index (χ1) is 19.9. The van der Waals surface area contributed by atoms with Gasteiger partial charge >= 0.3 is 0 Å². The zero-order valence-electron chi connectivity index (χ0n) is 23.1. The zero-order valence-corrected chi connectivity index (χ0v) is 24.6. The van der Waals surface area contributed by atoms with Gasteiger partial charge in [-0.15, -0.1) is 0 Å². The summed E-state index contributed by atoms with van der Waals surface area (Å²) < 4.78 is 16.3. The zero-order chi connectivity index (χ0) is 29.2. The van der Waals surface area contributed by atoms with Crippen LogP contribution in [0.15, 0.2) is 85.1 Å². The molecule has 5 nitrogen and oxygen atoms in total. The lowest BCUT2D eigenvalue weighted by atomic mass is 9.87. The minimum atomic E-state index is 0.171. The molecule has 2 N–H and O–H groups in total. The SMILES string of the molecule is Cc1cc(Cl)c(OCCOc2ccc(CC(CN)c3ccc(-c4ccccc4C=COC=O)cc3C)cc2)c(Cl)c1. The molecule has 0 bridgehead atoms. The molecular formula is C34H33Cl2NO4. The van der Waals surface area contributed by atoms with Crippen LogP contribution in [0, 0.1) is 13.8 Å². The second-order valence-corrected chi connectivity index (χ2v) is 10.5. The predicted molar refractivity (Wildman–Crippen MR) is 167 cm³/mol. The average molecular weight is 591 g/mol. The van der Waals surface area contributed by atoms with Crippen molar-refractivity contribution in [2.45, 2.75) is 26.2 Å². The quantitative estimate of drug-likeness (QED) is 0.0967. The van der Waals surface area contributed by atoms with E-state index in [2.05, 4.69) is 43.3 Å². The number of hydrogen-bond donors (Lipinski definition) is 1. The van der Waals surface area contributed by atoms with E-state index in [0.29, 0.717) is 42.0 Å². The van der Waals surface area contributed by atoms with Gasteiger partial charge in [-0.1, -0.05) is 77.8 Å². The number of halogens is 2. The molecule has 7 heteroatoms. The molecule has 0 heterocycles. The number of carbonyl (C=O) groups excluding carboxylic acids is 1. The minimum absolute atomic E-state index is 0.171. The smallest absolute Gasteiger partial charge is 0.297 e. The van der Waals surface area contributed by atoms with Crippen LogP contribution in [0.5, 0.6) is 11.5 Å². The third-order valence-corrected chi connectivity index (χ3v) is 7.36. The highest BCUT2D eigenvalue weighted by Gasteiger charge is 2.15. The molecule has 0 aliphatic heterocycles. The van der Waals surface area contributed by atoms with Crippen molar-refractivity contribution in [3.63, 3.8) is 0 Å². The van der Waals surface area contributed by atoms with Gasteiger partial charge in [0.1, 0.15) is 19.0 Å². The summed E-state index contributed by atoms with van der Waals surface area (Å²) >= 11 is 12.5. The third kappa shape index (κ3) is 8.14. The van der Waals surface area contributed by atoms with E-state index in [1.54, 1.807) is 6.08 Å². The van der Waals surface area contributed by atoms with Crippen molar-refractivity contribution in [2.24, 2.45) is 5.73 Å². The van der Waals surface area contributed by atoms with Gasteiger partial charge in [0, 0.05) is 5.92 Å². The van der Waals surface area contributed by atoms with E-state index in [-0.39, 0.29) is 5.92 Å². The lowest BCUT2D eigenvalue weighted by Gasteiger charge is -2.19. The molecule has 0 saturated carbocycles. The summed E-state index contributed by atoms with van der Waals surface area (Å²) in [4.78, 5) is 10.5. The summed E-state index contributed by atoms with van der Waals surface area (Å²) in [6.07, 6.45) is 3.98. The fraction of sp³-hybridized carbons (Fsp3) is 0.206. The van der Waals surface area contributed by atoms with Crippen LogP contribution in [0.1, 0.15) is 33.7 Å². The van der Waals surface area contributed by atoms with Crippen LogP contribution in [0.25, 0.3) is 17.2 Å². The molecule has 0 aromatic heterocycles. The second-order valence-electron chi connectivity index (χ2n) is 9.73. The van der Waals surface area contributed by atoms with E-state index in [4.69, 9.17) is 43.1 Å². The summed E-state index contributed by atoms with van der Waals surface area (Å²) in [5, 5.41) is 0.976.